The van der Waals surface area contributed by atoms with Crippen molar-refractivity contribution in [2.24, 2.45) is 0 Å². The first-order valence-corrected chi connectivity index (χ1v) is 12.8. The number of thioether (sulfide) groups is 1. The van der Waals surface area contributed by atoms with E-state index in [1.54, 1.807) is 11.3 Å². The van der Waals surface area contributed by atoms with Crippen LogP contribution < -0.4 is 4.74 Å². The molecule has 0 aliphatic rings. The molecule has 0 bridgehead atoms. The molecule has 0 radical (unpaired) electrons. The van der Waals surface area contributed by atoms with Crippen LogP contribution in [0, 0.1) is 20.8 Å². The van der Waals surface area contributed by atoms with E-state index in [-0.39, 0.29) is 11.9 Å². The van der Waals surface area contributed by atoms with Gasteiger partial charge in [-0.25, -0.2) is 9.78 Å². The Balaban J connectivity index is 1.63. The molecule has 1 heterocycles. The number of hydrogen-bond acceptors (Lipinski definition) is 5. The molecule has 0 fully saturated rings. The summed E-state index contributed by atoms with van der Waals surface area (Å²) in [6, 6.07) is 25.0. The highest BCUT2D eigenvalue weighted by molar-refractivity contribution is 7.99. The van der Waals surface area contributed by atoms with E-state index in [0.29, 0.717) is 5.75 Å². The number of carbonyl (C=O) groups is 1. The van der Waals surface area contributed by atoms with Crippen LogP contribution in [0.4, 0.5) is 0 Å². The van der Waals surface area contributed by atoms with Crippen LogP contribution >= 0.6 is 23.1 Å². The molecule has 0 aliphatic carbocycles. The largest absolute Gasteiger partial charge is 0.482 e. The van der Waals surface area contributed by atoms with Gasteiger partial charge < -0.3 is 9.84 Å². The van der Waals surface area contributed by atoms with Crippen molar-refractivity contribution in [1.29, 1.82) is 0 Å². The Morgan fingerprint density at radius 3 is 2.44 bits per heavy atom. The Hall–Kier alpha value is -3.09. The van der Waals surface area contributed by atoms with Gasteiger partial charge in [0.15, 0.2) is 6.61 Å². The molecule has 1 aromatic heterocycles. The maximum absolute atomic E-state index is 10.8. The fraction of sp³-hybridized carbons (Fsp3) is 0.214. The number of thiazole rings is 1. The molecule has 4 rings (SSSR count). The number of aryl methyl sites for hydroxylation is 3. The van der Waals surface area contributed by atoms with E-state index in [9.17, 15) is 4.79 Å². The highest BCUT2D eigenvalue weighted by atomic mass is 32.2. The summed E-state index contributed by atoms with van der Waals surface area (Å²) >= 11 is 3.57. The zero-order chi connectivity index (χ0) is 24.1. The molecule has 174 valence electrons. The first kappa shape index (κ1) is 24.0. The van der Waals surface area contributed by atoms with E-state index in [0.717, 1.165) is 33.1 Å². The number of benzene rings is 3. The summed E-state index contributed by atoms with van der Waals surface area (Å²) < 4.78 is 5.40. The second-order valence-corrected chi connectivity index (χ2v) is 10.5. The van der Waals surface area contributed by atoms with Crippen molar-refractivity contribution in [3.8, 4) is 16.3 Å². The van der Waals surface area contributed by atoms with E-state index in [2.05, 4.69) is 68.4 Å². The predicted octanol–water partition coefficient (Wildman–Crippen LogP) is 7.27. The van der Waals surface area contributed by atoms with Crippen molar-refractivity contribution in [2.45, 2.75) is 37.3 Å². The summed E-state index contributed by atoms with van der Waals surface area (Å²) in [6.45, 7) is 5.79. The van der Waals surface area contributed by atoms with Crippen molar-refractivity contribution < 1.29 is 14.6 Å². The van der Waals surface area contributed by atoms with Gasteiger partial charge in [0.2, 0.25) is 0 Å². The summed E-state index contributed by atoms with van der Waals surface area (Å²) in [5.74, 6) is -0.382. The topological polar surface area (TPSA) is 59.4 Å². The molecule has 4 nitrogen and oxygen atoms in total. The number of ether oxygens (including phenoxy) is 1. The molecule has 0 amide bonds. The normalized spacial score (nSPS) is 11.9. The van der Waals surface area contributed by atoms with Gasteiger partial charge in [-0.3, -0.25) is 0 Å². The van der Waals surface area contributed by atoms with E-state index in [4.69, 9.17) is 14.8 Å². The first-order chi connectivity index (χ1) is 16.4. The van der Waals surface area contributed by atoms with Gasteiger partial charge in [-0.2, -0.15) is 0 Å². The Morgan fingerprint density at radius 1 is 1.03 bits per heavy atom. The average molecular weight is 490 g/mol. The maximum atomic E-state index is 10.8. The summed E-state index contributed by atoms with van der Waals surface area (Å²) in [4.78, 5) is 18.2. The second kappa shape index (κ2) is 10.9. The first-order valence-electron chi connectivity index (χ1n) is 11.1. The number of aromatic nitrogens is 1. The van der Waals surface area contributed by atoms with Gasteiger partial charge in [-0.05, 0) is 56.5 Å². The van der Waals surface area contributed by atoms with Crippen LogP contribution in [0.1, 0.15) is 32.5 Å². The van der Waals surface area contributed by atoms with Gasteiger partial charge in [-0.15, -0.1) is 23.1 Å². The minimum atomic E-state index is -0.981. The number of nitrogens with zero attached hydrogens (tertiary/aromatic N) is 1. The molecule has 1 atom stereocenters. The number of aliphatic carboxylic acids is 1. The molecule has 6 heteroatoms. The van der Waals surface area contributed by atoms with E-state index < -0.39 is 5.97 Å². The lowest BCUT2D eigenvalue weighted by Gasteiger charge is -2.17. The van der Waals surface area contributed by atoms with Crippen molar-refractivity contribution in [1.82, 2.24) is 4.98 Å². The van der Waals surface area contributed by atoms with Crippen molar-refractivity contribution in [2.75, 3.05) is 6.61 Å². The molecule has 1 N–H and O–H groups in total. The third-order valence-corrected chi connectivity index (χ3v) is 8.15. The van der Waals surface area contributed by atoms with Gasteiger partial charge >= 0.3 is 5.97 Å². The molecule has 4 aromatic rings. The average Bonchev–Trinajstić information content (AvgIpc) is 3.20. The lowest BCUT2D eigenvalue weighted by Crippen LogP contribution is -2.10. The van der Waals surface area contributed by atoms with Crippen molar-refractivity contribution in [3.63, 3.8) is 0 Å². The molecule has 0 spiro atoms. The fourth-order valence-corrected chi connectivity index (χ4v) is 6.32. The van der Waals surface area contributed by atoms with Crippen LogP contribution in [0.5, 0.6) is 5.75 Å². The van der Waals surface area contributed by atoms with Gasteiger partial charge in [-0.1, -0.05) is 60.2 Å². The van der Waals surface area contributed by atoms with Gasteiger partial charge in [0, 0.05) is 20.6 Å². The fourth-order valence-electron chi connectivity index (χ4n) is 3.70. The molecule has 0 saturated carbocycles. The van der Waals surface area contributed by atoms with E-state index in [1.807, 2.05) is 36.9 Å². The van der Waals surface area contributed by atoms with Crippen LogP contribution in [0.25, 0.3) is 10.6 Å². The van der Waals surface area contributed by atoms with Crippen LogP contribution in [0.2, 0.25) is 0 Å². The summed E-state index contributed by atoms with van der Waals surface area (Å²) in [5.41, 5.74) is 5.64. The van der Waals surface area contributed by atoms with Crippen molar-refractivity contribution >= 4 is 29.1 Å². The summed E-state index contributed by atoms with van der Waals surface area (Å²) in [6.07, 6.45) is 0.887. The van der Waals surface area contributed by atoms with Gasteiger partial charge in [0.1, 0.15) is 10.8 Å². The molecule has 34 heavy (non-hydrogen) atoms. The Morgan fingerprint density at radius 2 is 1.76 bits per heavy atom. The summed E-state index contributed by atoms with van der Waals surface area (Å²) in [7, 11) is 0. The lowest BCUT2D eigenvalue weighted by molar-refractivity contribution is -0.139. The van der Waals surface area contributed by atoms with E-state index in [1.165, 1.54) is 16.0 Å². The quantitative estimate of drug-likeness (QED) is 0.250. The zero-order valence-corrected chi connectivity index (χ0v) is 21.1. The monoisotopic (exact) mass is 489 g/mol. The van der Waals surface area contributed by atoms with Crippen molar-refractivity contribution in [3.05, 3.63) is 100 Å². The predicted molar refractivity (Wildman–Crippen MR) is 140 cm³/mol. The number of carboxylic acids is 1. The van der Waals surface area contributed by atoms with Gasteiger partial charge in [0.05, 0.1) is 5.69 Å². The minimum absolute atomic E-state index is 0.198. The molecule has 0 aliphatic heterocycles. The Bertz CT molecular complexity index is 1270. The Labute approximate surface area is 208 Å². The highest BCUT2D eigenvalue weighted by Gasteiger charge is 2.21. The highest BCUT2D eigenvalue weighted by Crippen LogP contribution is 2.44. The number of hydrogen-bond donors (Lipinski definition) is 1. The zero-order valence-electron chi connectivity index (χ0n) is 19.4. The van der Waals surface area contributed by atoms with E-state index >= 15 is 0 Å². The molecular weight excluding hydrogens is 462 g/mol. The SMILES string of the molecule is Cc1ccc(-c2nc(C)c([C@H](Cc3ccccc3)Sc3ccc(OCC(=O)O)c(C)c3)s2)cc1. The van der Waals surface area contributed by atoms with Crippen LogP contribution in [-0.4, -0.2) is 22.7 Å². The van der Waals surface area contributed by atoms with Crippen LogP contribution in [-0.2, 0) is 11.2 Å². The molecule has 3 aromatic carbocycles. The smallest absolute Gasteiger partial charge is 0.341 e. The third-order valence-electron chi connectivity index (χ3n) is 5.46. The Kier molecular flexibility index (Phi) is 7.70. The number of rotatable bonds is 9. The van der Waals surface area contributed by atoms with Crippen LogP contribution in [0.3, 0.4) is 0 Å². The second-order valence-electron chi connectivity index (χ2n) is 8.24. The molecular formula is C28H27NO3S2. The molecule has 0 saturated heterocycles. The lowest BCUT2D eigenvalue weighted by atomic mass is 10.1. The summed E-state index contributed by atoms with van der Waals surface area (Å²) in [5, 5.41) is 10.1. The van der Waals surface area contributed by atoms with Gasteiger partial charge in [0.25, 0.3) is 0 Å². The third kappa shape index (κ3) is 6.07. The standard InChI is InChI=1S/C28H27NO3S2/c1-18-9-11-22(12-10-18)28-29-20(3)27(34-28)25(16-21-7-5-4-6-8-21)33-23-13-14-24(19(2)15-23)32-17-26(30)31/h4-15,25H,16-17H2,1-3H3,(H,30,31)/t25-/m0/s1. The molecule has 0 unspecified atom stereocenters. The van der Waals surface area contributed by atoms with Crippen LogP contribution in [0.15, 0.2) is 77.7 Å². The maximum Gasteiger partial charge on any atom is 0.341 e. The number of carboxylic acid groups (broad SMARTS) is 1. The minimum Gasteiger partial charge on any atom is -0.482 e.